The number of nitrogens with zero attached hydrogens (tertiary/aromatic N) is 2. The van der Waals surface area contributed by atoms with Crippen molar-refractivity contribution in [3.05, 3.63) is 102 Å². The monoisotopic (exact) mass is 530 g/mol. The third-order valence-corrected chi connectivity index (χ3v) is 7.06. The standard InChI is InChI=1S/C31H32F2N4O2/c1-2-3-13-37-14-12-21-8-9-22(18-28(21)37)31(39)36-27(17-20-15-23(32)19-24(33)16-20)29(38)10-11-30-34-25-6-4-5-7-26(25)35-30/h4-9,12,14-16,18-19,27,29,38H,2-3,10-11,13,17H2,1H3,(H,34,35)(H,36,39). The molecule has 3 aromatic carbocycles. The highest BCUT2D eigenvalue weighted by atomic mass is 19.1. The van der Waals surface area contributed by atoms with Crippen LogP contribution in [0, 0.1) is 11.6 Å². The zero-order chi connectivity index (χ0) is 27.4. The highest BCUT2D eigenvalue weighted by Crippen LogP contribution is 2.20. The number of fused-ring (bicyclic) bond motifs is 2. The van der Waals surface area contributed by atoms with E-state index in [1.807, 2.05) is 48.7 Å². The van der Waals surface area contributed by atoms with Gasteiger partial charge in [-0.15, -0.1) is 0 Å². The largest absolute Gasteiger partial charge is 0.391 e. The third kappa shape index (κ3) is 6.34. The summed E-state index contributed by atoms with van der Waals surface area (Å²) in [6.07, 6.45) is 3.93. The van der Waals surface area contributed by atoms with Gasteiger partial charge in [0.05, 0.1) is 23.2 Å². The number of rotatable bonds is 11. The number of aromatic nitrogens is 3. The van der Waals surface area contributed by atoms with Gasteiger partial charge in [-0.05, 0) is 72.7 Å². The molecule has 0 aliphatic heterocycles. The van der Waals surface area contributed by atoms with Crippen molar-refractivity contribution in [3.63, 3.8) is 0 Å². The second kappa shape index (κ2) is 11.8. The van der Waals surface area contributed by atoms with Crippen molar-refractivity contribution < 1.29 is 18.7 Å². The van der Waals surface area contributed by atoms with Crippen LogP contribution in [-0.4, -0.2) is 37.7 Å². The Morgan fingerprint density at radius 3 is 2.64 bits per heavy atom. The molecule has 3 N–H and O–H groups in total. The van der Waals surface area contributed by atoms with Crippen molar-refractivity contribution in [2.45, 2.75) is 57.7 Å². The van der Waals surface area contributed by atoms with E-state index >= 15 is 0 Å². The summed E-state index contributed by atoms with van der Waals surface area (Å²) in [5, 5.41) is 15.1. The topological polar surface area (TPSA) is 82.9 Å². The maximum Gasteiger partial charge on any atom is 0.251 e. The number of imidazole rings is 1. The number of para-hydroxylation sites is 2. The number of aryl methyl sites for hydroxylation is 2. The molecule has 0 bridgehead atoms. The molecule has 0 aliphatic carbocycles. The van der Waals surface area contributed by atoms with Crippen LogP contribution in [0.4, 0.5) is 8.78 Å². The molecular weight excluding hydrogens is 498 g/mol. The van der Waals surface area contributed by atoms with Crippen LogP contribution >= 0.6 is 0 Å². The number of benzene rings is 3. The van der Waals surface area contributed by atoms with Crippen molar-refractivity contribution in [3.8, 4) is 0 Å². The van der Waals surface area contributed by atoms with Crippen molar-refractivity contribution in [2.24, 2.45) is 0 Å². The molecule has 0 aliphatic rings. The Balaban J connectivity index is 1.35. The summed E-state index contributed by atoms with van der Waals surface area (Å²) in [6, 6.07) is 17.7. The quantitative estimate of drug-likeness (QED) is 0.198. The van der Waals surface area contributed by atoms with Gasteiger partial charge in [0, 0.05) is 36.3 Å². The first-order chi connectivity index (χ1) is 18.9. The average Bonchev–Trinajstić information content (AvgIpc) is 3.52. The van der Waals surface area contributed by atoms with E-state index in [4.69, 9.17) is 0 Å². The number of nitrogens with one attached hydrogen (secondary N) is 2. The maximum atomic E-state index is 13.9. The van der Waals surface area contributed by atoms with Crippen molar-refractivity contribution in [1.82, 2.24) is 19.9 Å². The van der Waals surface area contributed by atoms with Gasteiger partial charge in [-0.2, -0.15) is 0 Å². The number of unbranched alkanes of at least 4 members (excludes halogenated alkanes) is 1. The number of hydrogen-bond donors (Lipinski definition) is 3. The molecule has 0 fully saturated rings. The van der Waals surface area contributed by atoms with Crippen LogP contribution in [0.15, 0.2) is 72.9 Å². The van der Waals surface area contributed by atoms with Crippen molar-refractivity contribution in [2.75, 3.05) is 0 Å². The Morgan fingerprint density at radius 1 is 1.08 bits per heavy atom. The second-order valence-corrected chi connectivity index (χ2v) is 10.0. The minimum Gasteiger partial charge on any atom is -0.391 e. The molecule has 0 spiro atoms. The Morgan fingerprint density at radius 2 is 1.87 bits per heavy atom. The van der Waals surface area contributed by atoms with Crippen LogP contribution in [0.25, 0.3) is 21.9 Å². The first kappa shape index (κ1) is 26.6. The Bertz CT molecular complexity index is 1540. The van der Waals surface area contributed by atoms with Gasteiger partial charge in [-0.25, -0.2) is 13.8 Å². The van der Waals surface area contributed by atoms with Crippen LogP contribution < -0.4 is 5.32 Å². The predicted molar refractivity (Wildman–Crippen MR) is 149 cm³/mol. The average molecular weight is 531 g/mol. The van der Waals surface area contributed by atoms with Gasteiger partial charge in [0.2, 0.25) is 0 Å². The lowest BCUT2D eigenvalue weighted by Crippen LogP contribution is -2.45. The van der Waals surface area contributed by atoms with E-state index in [0.29, 0.717) is 24.0 Å². The van der Waals surface area contributed by atoms with Gasteiger partial charge in [0.15, 0.2) is 0 Å². The number of carbonyl (C=O) groups is 1. The van der Waals surface area contributed by atoms with Crippen LogP contribution in [0.1, 0.15) is 47.9 Å². The summed E-state index contributed by atoms with van der Waals surface area (Å²) in [6.45, 7) is 2.99. The minimum absolute atomic E-state index is 0.0663. The SMILES string of the molecule is CCCCn1ccc2ccc(C(=O)NC(Cc3cc(F)cc(F)c3)C(O)CCc3nc4ccccc4[nH]3)cc21. The smallest absolute Gasteiger partial charge is 0.251 e. The zero-order valence-electron chi connectivity index (χ0n) is 21.8. The Kier molecular flexibility index (Phi) is 8.02. The molecule has 2 aromatic heterocycles. The van der Waals surface area contributed by atoms with Gasteiger partial charge in [0.1, 0.15) is 17.5 Å². The molecule has 2 atom stereocenters. The van der Waals surface area contributed by atoms with E-state index in [-0.39, 0.29) is 12.3 Å². The predicted octanol–water partition coefficient (Wildman–Crippen LogP) is 5.93. The highest BCUT2D eigenvalue weighted by molar-refractivity contribution is 5.98. The second-order valence-electron chi connectivity index (χ2n) is 10.0. The van der Waals surface area contributed by atoms with E-state index in [9.17, 15) is 18.7 Å². The molecule has 0 radical (unpaired) electrons. The normalized spacial score (nSPS) is 13.1. The summed E-state index contributed by atoms with van der Waals surface area (Å²) >= 11 is 0. The summed E-state index contributed by atoms with van der Waals surface area (Å²) in [7, 11) is 0. The van der Waals surface area contributed by atoms with Gasteiger partial charge >= 0.3 is 0 Å². The molecule has 8 heteroatoms. The van der Waals surface area contributed by atoms with Gasteiger partial charge < -0.3 is 20.0 Å². The van der Waals surface area contributed by atoms with Gasteiger partial charge in [0.25, 0.3) is 5.91 Å². The molecule has 39 heavy (non-hydrogen) atoms. The fraction of sp³-hybridized carbons (Fsp3) is 0.290. The number of aromatic amines is 1. The molecule has 6 nitrogen and oxygen atoms in total. The van der Waals surface area contributed by atoms with Crippen LogP contribution in [0.2, 0.25) is 0 Å². The van der Waals surface area contributed by atoms with Gasteiger partial charge in [-0.1, -0.05) is 31.5 Å². The van der Waals surface area contributed by atoms with Gasteiger partial charge in [-0.3, -0.25) is 4.79 Å². The van der Waals surface area contributed by atoms with E-state index < -0.39 is 23.8 Å². The fourth-order valence-corrected chi connectivity index (χ4v) is 4.98. The third-order valence-electron chi connectivity index (χ3n) is 7.06. The minimum atomic E-state index is -0.981. The molecule has 0 saturated heterocycles. The number of aliphatic hydroxyl groups excluding tert-OH is 1. The number of carbonyl (C=O) groups excluding carboxylic acids is 1. The highest BCUT2D eigenvalue weighted by Gasteiger charge is 2.24. The molecule has 2 heterocycles. The van der Waals surface area contributed by atoms with E-state index in [1.165, 1.54) is 12.1 Å². The first-order valence-electron chi connectivity index (χ1n) is 13.4. The van der Waals surface area contributed by atoms with E-state index in [1.54, 1.807) is 6.07 Å². The lowest BCUT2D eigenvalue weighted by molar-refractivity contribution is 0.0814. The summed E-state index contributed by atoms with van der Waals surface area (Å²) in [5.74, 6) is -1.05. The zero-order valence-corrected chi connectivity index (χ0v) is 21.8. The number of amides is 1. The Hall–Kier alpha value is -4.04. The van der Waals surface area contributed by atoms with Crippen LogP contribution in [0.5, 0.6) is 0 Å². The lowest BCUT2D eigenvalue weighted by Gasteiger charge is -2.24. The molecule has 5 aromatic rings. The van der Waals surface area contributed by atoms with Crippen molar-refractivity contribution in [1.29, 1.82) is 0 Å². The first-order valence-corrected chi connectivity index (χ1v) is 13.4. The maximum absolute atomic E-state index is 13.9. The number of aliphatic hydroxyl groups is 1. The Labute approximate surface area is 225 Å². The molecular formula is C31H32F2N4O2. The summed E-state index contributed by atoms with van der Waals surface area (Å²) in [5.41, 5.74) is 3.51. The number of H-pyrrole nitrogens is 1. The van der Waals surface area contributed by atoms with Crippen molar-refractivity contribution >= 4 is 27.8 Å². The molecule has 2 unspecified atom stereocenters. The fourth-order valence-electron chi connectivity index (χ4n) is 4.98. The lowest BCUT2D eigenvalue weighted by atomic mass is 9.97. The number of halogens is 2. The summed E-state index contributed by atoms with van der Waals surface area (Å²) in [4.78, 5) is 21.2. The summed E-state index contributed by atoms with van der Waals surface area (Å²) < 4.78 is 30.0. The van der Waals surface area contributed by atoms with Crippen LogP contribution in [-0.2, 0) is 19.4 Å². The molecule has 202 valence electrons. The molecule has 0 saturated carbocycles. The molecule has 5 rings (SSSR count). The van der Waals surface area contributed by atoms with E-state index in [2.05, 4.69) is 26.8 Å². The molecule has 1 amide bonds. The number of hydrogen-bond acceptors (Lipinski definition) is 3. The van der Waals surface area contributed by atoms with E-state index in [0.717, 1.165) is 53.2 Å². The van der Waals surface area contributed by atoms with Crippen LogP contribution in [0.3, 0.4) is 0 Å².